The van der Waals surface area contributed by atoms with Crippen LogP contribution in [-0.2, 0) is 12.8 Å². The molecule has 0 atom stereocenters. The van der Waals surface area contributed by atoms with E-state index >= 15 is 0 Å². The number of benzene rings is 2. The molecule has 0 aliphatic heterocycles. The monoisotopic (exact) mass is 264 g/mol. The summed E-state index contributed by atoms with van der Waals surface area (Å²) < 4.78 is 0. The van der Waals surface area contributed by atoms with E-state index in [0.717, 1.165) is 41.0 Å². The molecule has 3 aromatic rings. The molecule has 100 valence electrons. The van der Waals surface area contributed by atoms with Crippen LogP contribution in [0.15, 0.2) is 42.5 Å². The highest BCUT2D eigenvalue weighted by atomic mass is 15.1. The van der Waals surface area contributed by atoms with E-state index in [-0.39, 0.29) is 0 Å². The largest absolute Gasteiger partial charge is 0.399 e. The van der Waals surface area contributed by atoms with Gasteiger partial charge in [0.05, 0.1) is 5.52 Å². The van der Waals surface area contributed by atoms with Gasteiger partial charge in [0.1, 0.15) is 5.52 Å². The fourth-order valence-electron chi connectivity index (χ4n) is 2.12. The highest BCUT2D eigenvalue weighted by Crippen LogP contribution is 2.14. The average Bonchev–Trinajstić information content (AvgIpc) is 2.48. The third kappa shape index (κ3) is 2.59. The Hall–Kier alpha value is -2.49. The molecule has 1 heterocycles. The highest BCUT2D eigenvalue weighted by molar-refractivity contribution is 5.72. The molecule has 0 spiro atoms. The quantitative estimate of drug-likeness (QED) is 0.739. The fourth-order valence-corrected chi connectivity index (χ4v) is 2.12. The summed E-state index contributed by atoms with van der Waals surface area (Å²) in [5, 5.41) is 8.36. The van der Waals surface area contributed by atoms with Gasteiger partial charge >= 0.3 is 0 Å². The first-order chi connectivity index (χ1) is 9.72. The molecule has 4 nitrogen and oxygen atoms in total. The predicted molar refractivity (Wildman–Crippen MR) is 80.3 cm³/mol. The Bertz CT molecular complexity index is 752. The van der Waals surface area contributed by atoms with Crippen molar-refractivity contribution < 1.29 is 0 Å². The second kappa shape index (κ2) is 5.25. The Balaban J connectivity index is 1.77. The van der Waals surface area contributed by atoms with Crippen molar-refractivity contribution in [2.45, 2.75) is 19.8 Å². The lowest BCUT2D eigenvalue weighted by Gasteiger charge is -2.05. The third-order valence-electron chi connectivity index (χ3n) is 3.39. The van der Waals surface area contributed by atoms with Gasteiger partial charge in [0.15, 0.2) is 5.82 Å². The van der Waals surface area contributed by atoms with Crippen LogP contribution in [0.2, 0.25) is 0 Å². The number of hydrogen-bond acceptors (Lipinski definition) is 4. The standard InChI is InChI=1S/C16H16N4/c1-11-6-7-12(10-13(11)17)8-9-16-18-14-4-2-3-5-15(14)19-20-16/h2-7,10H,8-9,17H2,1H3. The van der Waals surface area contributed by atoms with Crippen LogP contribution >= 0.6 is 0 Å². The van der Waals surface area contributed by atoms with Crippen molar-refractivity contribution in [3.63, 3.8) is 0 Å². The van der Waals surface area contributed by atoms with Gasteiger partial charge in [0, 0.05) is 12.1 Å². The molecular formula is C16H16N4. The summed E-state index contributed by atoms with van der Waals surface area (Å²) in [6.45, 7) is 2.01. The summed E-state index contributed by atoms with van der Waals surface area (Å²) >= 11 is 0. The molecule has 1 aromatic heterocycles. The Morgan fingerprint density at radius 3 is 2.55 bits per heavy atom. The van der Waals surface area contributed by atoms with Crippen LogP contribution in [0, 0.1) is 6.92 Å². The van der Waals surface area contributed by atoms with Crippen LogP contribution in [0.25, 0.3) is 11.0 Å². The normalized spacial score (nSPS) is 10.8. The first-order valence-electron chi connectivity index (χ1n) is 6.66. The number of aromatic nitrogens is 3. The number of anilines is 1. The lowest BCUT2D eigenvalue weighted by molar-refractivity contribution is 0.824. The molecular weight excluding hydrogens is 248 g/mol. The van der Waals surface area contributed by atoms with Gasteiger partial charge < -0.3 is 5.73 Å². The Labute approximate surface area is 117 Å². The van der Waals surface area contributed by atoms with Gasteiger partial charge in [-0.1, -0.05) is 24.3 Å². The molecule has 0 bridgehead atoms. The van der Waals surface area contributed by atoms with Gasteiger partial charge in [-0.3, -0.25) is 0 Å². The topological polar surface area (TPSA) is 64.7 Å². The van der Waals surface area contributed by atoms with E-state index in [4.69, 9.17) is 5.73 Å². The van der Waals surface area contributed by atoms with Crippen LogP contribution in [-0.4, -0.2) is 15.2 Å². The predicted octanol–water partition coefficient (Wildman–Crippen LogP) is 2.70. The summed E-state index contributed by atoms with van der Waals surface area (Å²) in [6, 6.07) is 13.9. The molecule has 3 rings (SSSR count). The van der Waals surface area contributed by atoms with Gasteiger partial charge in [-0.05, 0) is 42.7 Å². The van der Waals surface area contributed by atoms with Crippen molar-refractivity contribution in [3.05, 3.63) is 59.4 Å². The number of para-hydroxylation sites is 1. The number of aryl methyl sites for hydroxylation is 3. The van der Waals surface area contributed by atoms with Crippen molar-refractivity contribution in [1.29, 1.82) is 0 Å². The zero-order valence-corrected chi connectivity index (χ0v) is 11.4. The second-order valence-electron chi connectivity index (χ2n) is 4.91. The minimum atomic E-state index is 0.764. The summed E-state index contributed by atoms with van der Waals surface area (Å²) in [5.74, 6) is 0.767. The Morgan fingerprint density at radius 2 is 1.75 bits per heavy atom. The van der Waals surface area contributed by atoms with E-state index in [2.05, 4.69) is 21.2 Å². The lowest BCUT2D eigenvalue weighted by Crippen LogP contribution is -2.01. The summed E-state index contributed by atoms with van der Waals surface area (Å²) in [4.78, 5) is 4.53. The number of hydrogen-bond donors (Lipinski definition) is 1. The smallest absolute Gasteiger partial charge is 0.151 e. The average molecular weight is 264 g/mol. The maximum absolute atomic E-state index is 5.92. The van der Waals surface area contributed by atoms with Crippen LogP contribution in [0.4, 0.5) is 5.69 Å². The molecule has 0 saturated heterocycles. The second-order valence-corrected chi connectivity index (χ2v) is 4.91. The van der Waals surface area contributed by atoms with Gasteiger partial charge in [0.25, 0.3) is 0 Å². The van der Waals surface area contributed by atoms with Gasteiger partial charge in [-0.15, -0.1) is 10.2 Å². The molecule has 2 N–H and O–H groups in total. The van der Waals surface area contributed by atoms with Gasteiger partial charge in [-0.2, -0.15) is 0 Å². The highest BCUT2D eigenvalue weighted by Gasteiger charge is 2.03. The van der Waals surface area contributed by atoms with Gasteiger partial charge in [-0.25, -0.2) is 4.98 Å². The van der Waals surface area contributed by atoms with E-state index in [0.29, 0.717) is 0 Å². The number of fused-ring (bicyclic) bond motifs is 1. The summed E-state index contributed by atoms with van der Waals surface area (Å²) in [6.07, 6.45) is 1.63. The molecule has 0 fully saturated rings. The maximum atomic E-state index is 5.92. The van der Waals surface area contributed by atoms with Crippen molar-refractivity contribution in [2.75, 3.05) is 5.73 Å². The number of nitrogens with two attached hydrogens (primary N) is 1. The molecule has 20 heavy (non-hydrogen) atoms. The Kier molecular flexibility index (Phi) is 3.29. The van der Waals surface area contributed by atoms with Crippen LogP contribution in [0.5, 0.6) is 0 Å². The Morgan fingerprint density at radius 1 is 0.950 bits per heavy atom. The van der Waals surface area contributed by atoms with Crippen LogP contribution in [0.3, 0.4) is 0 Å². The number of nitrogen functional groups attached to an aromatic ring is 1. The minimum absolute atomic E-state index is 0.764. The van der Waals surface area contributed by atoms with E-state index < -0.39 is 0 Å². The fraction of sp³-hybridized carbons (Fsp3) is 0.188. The molecule has 4 heteroatoms. The first-order valence-corrected chi connectivity index (χ1v) is 6.66. The van der Waals surface area contributed by atoms with E-state index in [1.807, 2.05) is 43.3 Å². The molecule has 0 amide bonds. The minimum Gasteiger partial charge on any atom is -0.399 e. The molecule has 0 unspecified atom stereocenters. The third-order valence-corrected chi connectivity index (χ3v) is 3.39. The summed E-state index contributed by atoms with van der Waals surface area (Å²) in [7, 11) is 0. The molecule has 2 aromatic carbocycles. The number of nitrogens with zero attached hydrogens (tertiary/aromatic N) is 3. The van der Waals surface area contributed by atoms with E-state index in [1.165, 1.54) is 5.56 Å². The van der Waals surface area contributed by atoms with Crippen molar-refractivity contribution >= 4 is 16.7 Å². The van der Waals surface area contributed by atoms with Crippen LogP contribution < -0.4 is 5.73 Å². The SMILES string of the molecule is Cc1ccc(CCc2nnc3ccccc3n2)cc1N. The maximum Gasteiger partial charge on any atom is 0.151 e. The van der Waals surface area contributed by atoms with E-state index in [1.54, 1.807) is 0 Å². The van der Waals surface area contributed by atoms with E-state index in [9.17, 15) is 0 Å². The van der Waals surface area contributed by atoms with Gasteiger partial charge in [0.2, 0.25) is 0 Å². The molecule has 0 aliphatic carbocycles. The number of rotatable bonds is 3. The molecule has 0 saturated carbocycles. The molecule has 0 radical (unpaired) electrons. The lowest BCUT2D eigenvalue weighted by atomic mass is 10.1. The van der Waals surface area contributed by atoms with Crippen molar-refractivity contribution in [3.8, 4) is 0 Å². The van der Waals surface area contributed by atoms with Crippen molar-refractivity contribution in [1.82, 2.24) is 15.2 Å². The first kappa shape index (κ1) is 12.5. The van der Waals surface area contributed by atoms with Crippen molar-refractivity contribution in [2.24, 2.45) is 0 Å². The summed E-state index contributed by atoms with van der Waals surface area (Å²) in [5.41, 5.74) is 10.8. The van der Waals surface area contributed by atoms with Crippen LogP contribution in [0.1, 0.15) is 17.0 Å². The molecule has 0 aliphatic rings. The zero-order chi connectivity index (χ0) is 13.9. The zero-order valence-electron chi connectivity index (χ0n) is 11.4.